The third-order valence-corrected chi connectivity index (χ3v) is 5.35. The minimum absolute atomic E-state index is 0.129. The van der Waals surface area contributed by atoms with E-state index in [2.05, 4.69) is 9.88 Å². The standard InChI is InChI=1S/C17H24N4O/c18-15-11-21(10-14(15)12-5-6-12)16-13(4-3-7-19-16)17(22)20-8-1-2-9-20/h3-4,7,12,14-15H,1-2,5-6,8-11,18H2/t14-,15+/m0/s1. The highest BCUT2D eigenvalue weighted by atomic mass is 16.2. The molecule has 118 valence electrons. The number of aromatic nitrogens is 1. The van der Waals surface area contributed by atoms with Crippen molar-refractivity contribution in [2.75, 3.05) is 31.1 Å². The summed E-state index contributed by atoms with van der Waals surface area (Å²) in [5, 5.41) is 0. The Labute approximate surface area is 131 Å². The fourth-order valence-corrected chi connectivity index (χ4v) is 3.96. The Morgan fingerprint density at radius 1 is 1.23 bits per heavy atom. The lowest BCUT2D eigenvalue weighted by Crippen LogP contribution is -2.32. The van der Waals surface area contributed by atoms with Crippen molar-refractivity contribution < 1.29 is 4.79 Å². The Bertz CT molecular complexity index is 566. The fraction of sp³-hybridized carbons (Fsp3) is 0.647. The molecule has 1 amide bonds. The minimum Gasteiger partial charge on any atom is -0.354 e. The van der Waals surface area contributed by atoms with E-state index >= 15 is 0 Å². The summed E-state index contributed by atoms with van der Waals surface area (Å²) in [6.45, 7) is 3.51. The summed E-state index contributed by atoms with van der Waals surface area (Å²) >= 11 is 0. The number of rotatable bonds is 3. The zero-order chi connectivity index (χ0) is 15.1. The number of carbonyl (C=O) groups is 1. The average molecular weight is 300 g/mol. The lowest BCUT2D eigenvalue weighted by molar-refractivity contribution is 0.0793. The van der Waals surface area contributed by atoms with Crippen LogP contribution in [0.5, 0.6) is 0 Å². The maximum absolute atomic E-state index is 12.8. The van der Waals surface area contributed by atoms with Crippen LogP contribution in [0.3, 0.4) is 0 Å². The van der Waals surface area contributed by atoms with Crippen molar-refractivity contribution in [3.05, 3.63) is 23.9 Å². The summed E-state index contributed by atoms with van der Waals surface area (Å²) in [7, 11) is 0. The number of anilines is 1. The number of likely N-dealkylation sites (tertiary alicyclic amines) is 1. The van der Waals surface area contributed by atoms with Gasteiger partial charge in [-0.1, -0.05) is 0 Å². The summed E-state index contributed by atoms with van der Waals surface area (Å²) in [5.41, 5.74) is 7.07. The van der Waals surface area contributed by atoms with E-state index in [9.17, 15) is 4.79 Å². The Kier molecular flexibility index (Phi) is 3.53. The van der Waals surface area contributed by atoms with Crippen molar-refractivity contribution >= 4 is 11.7 Å². The predicted octanol–water partition coefficient (Wildman–Crippen LogP) is 1.49. The second-order valence-electron chi connectivity index (χ2n) is 6.94. The molecule has 3 fully saturated rings. The molecule has 4 rings (SSSR count). The van der Waals surface area contributed by atoms with Crippen LogP contribution in [0.2, 0.25) is 0 Å². The van der Waals surface area contributed by atoms with E-state index in [0.717, 1.165) is 56.3 Å². The lowest BCUT2D eigenvalue weighted by atomic mass is 9.99. The molecule has 1 aromatic heterocycles. The molecule has 1 aliphatic carbocycles. The molecule has 3 aliphatic rings. The number of carbonyl (C=O) groups excluding carboxylic acids is 1. The largest absolute Gasteiger partial charge is 0.354 e. The second kappa shape index (κ2) is 5.54. The molecule has 1 aromatic rings. The molecule has 2 saturated heterocycles. The SMILES string of the molecule is N[C@@H]1CN(c2ncccc2C(=O)N2CCCC2)C[C@H]1C1CC1. The number of hydrogen-bond acceptors (Lipinski definition) is 4. The van der Waals surface area contributed by atoms with Crippen LogP contribution >= 0.6 is 0 Å². The molecule has 2 aliphatic heterocycles. The molecule has 5 heteroatoms. The zero-order valence-corrected chi connectivity index (χ0v) is 12.9. The first-order chi connectivity index (χ1) is 10.7. The van der Waals surface area contributed by atoms with Gasteiger partial charge in [0.15, 0.2) is 0 Å². The third kappa shape index (κ3) is 2.47. The molecular weight excluding hydrogens is 276 g/mol. The molecule has 0 unspecified atom stereocenters. The molecule has 0 aromatic carbocycles. The molecule has 22 heavy (non-hydrogen) atoms. The van der Waals surface area contributed by atoms with E-state index in [4.69, 9.17) is 5.73 Å². The van der Waals surface area contributed by atoms with Gasteiger partial charge in [-0.15, -0.1) is 0 Å². The van der Waals surface area contributed by atoms with Gasteiger partial charge in [0.05, 0.1) is 5.56 Å². The molecule has 0 radical (unpaired) electrons. The predicted molar refractivity (Wildman–Crippen MR) is 85.8 cm³/mol. The fourth-order valence-electron chi connectivity index (χ4n) is 3.96. The van der Waals surface area contributed by atoms with Crippen LogP contribution < -0.4 is 10.6 Å². The maximum Gasteiger partial charge on any atom is 0.257 e. The van der Waals surface area contributed by atoms with Gasteiger partial charge in [-0.05, 0) is 49.7 Å². The molecule has 2 N–H and O–H groups in total. The zero-order valence-electron chi connectivity index (χ0n) is 12.9. The lowest BCUT2D eigenvalue weighted by Gasteiger charge is -2.22. The molecule has 2 atom stereocenters. The van der Waals surface area contributed by atoms with Crippen LogP contribution in [-0.4, -0.2) is 48.0 Å². The van der Waals surface area contributed by atoms with Gasteiger partial charge in [-0.2, -0.15) is 0 Å². The number of amides is 1. The maximum atomic E-state index is 12.8. The highest BCUT2D eigenvalue weighted by molar-refractivity contribution is 5.99. The first-order valence-electron chi connectivity index (χ1n) is 8.49. The molecule has 5 nitrogen and oxygen atoms in total. The van der Waals surface area contributed by atoms with Crippen molar-refractivity contribution in [1.82, 2.24) is 9.88 Å². The Morgan fingerprint density at radius 2 is 2.00 bits per heavy atom. The first kappa shape index (κ1) is 14.0. The summed E-state index contributed by atoms with van der Waals surface area (Å²) in [5.74, 6) is 2.32. The number of hydrogen-bond donors (Lipinski definition) is 1. The Morgan fingerprint density at radius 3 is 2.73 bits per heavy atom. The number of nitrogens with two attached hydrogens (primary N) is 1. The average Bonchev–Trinajstić information content (AvgIpc) is 3.09. The van der Waals surface area contributed by atoms with E-state index in [1.165, 1.54) is 12.8 Å². The van der Waals surface area contributed by atoms with Crippen LogP contribution in [0.25, 0.3) is 0 Å². The summed E-state index contributed by atoms with van der Waals surface area (Å²) < 4.78 is 0. The Hall–Kier alpha value is -1.62. The summed E-state index contributed by atoms with van der Waals surface area (Å²) in [6.07, 6.45) is 6.63. The van der Waals surface area contributed by atoms with Gasteiger partial charge >= 0.3 is 0 Å². The van der Waals surface area contributed by atoms with Crippen molar-refractivity contribution in [3.63, 3.8) is 0 Å². The van der Waals surface area contributed by atoms with Gasteiger partial charge in [0, 0.05) is 38.4 Å². The number of nitrogens with zero attached hydrogens (tertiary/aromatic N) is 3. The van der Waals surface area contributed by atoms with Gasteiger partial charge < -0.3 is 15.5 Å². The van der Waals surface area contributed by atoms with Gasteiger partial charge in [0.2, 0.25) is 0 Å². The highest BCUT2D eigenvalue weighted by Crippen LogP contribution is 2.42. The first-order valence-corrected chi connectivity index (χ1v) is 8.49. The van der Waals surface area contributed by atoms with Crippen LogP contribution in [0.4, 0.5) is 5.82 Å². The molecular formula is C17H24N4O. The van der Waals surface area contributed by atoms with E-state index < -0.39 is 0 Å². The van der Waals surface area contributed by atoms with Crippen molar-refractivity contribution in [3.8, 4) is 0 Å². The van der Waals surface area contributed by atoms with E-state index in [1.807, 2.05) is 17.0 Å². The quantitative estimate of drug-likeness (QED) is 0.919. The summed E-state index contributed by atoms with van der Waals surface area (Å²) in [6, 6.07) is 3.99. The van der Waals surface area contributed by atoms with E-state index in [-0.39, 0.29) is 11.9 Å². The van der Waals surface area contributed by atoms with Crippen LogP contribution in [0, 0.1) is 11.8 Å². The van der Waals surface area contributed by atoms with Crippen LogP contribution in [-0.2, 0) is 0 Å². The minimum atomic E-state index is 0.129. The highest BCUT2D eigenvalue weighted by Gasteiger charge is 2.42. The third-order valence-electron chi connectivity index (χ3n) is 5.35. The number of pyridine rings is 1. The van der Waals surface area contributed by atoms with Crippen molar-refractivity contribution in [1.29, 1.82) is 0 Å². The van der Waals surface area contributed by atoms with Gasteiger partial charge in [-0.25, -0.2) is 4.98 Å². The van der Waals surface area contributed by atoms with E-state index in [1.54, 1.807) is 6.20 Å². The van der Waals surface area contributed by atoms with E-state index in [0.29, 0.717) is 5.92 Å². The molecule has 0 bridgehead atoms. The summed E-state index contributed by atoms with van der Waals surface area (Å²) in [4.78, 5) is 21.5. The molecule has 1 saturated carbocycles. The smallest absolute Gasteiger partial charge is 0.257 e. The molecule has 0 spiro atoms. The van der Waals surface area contributed by atoms with Crippen LogP contribution in [0.1, 0.15) is 36.0 Å². The topological polar surface area (TPSA) is 62.5 Å². The van der Waals surface area contributed by atoms with Gasteiger partial charge in [-0.3, -0.25) is 4.79 Å². The van der Waals surface area contributed by atoms with Crippen molar-refractivity contribution in [2.24, 2.45) is 17.6 Å². The normalized spacial score (nSPS) is 28.4. The van der Waals surface area contributed by atoms with Gasteiger partial charge in [0.25, 0.3) is 5.91 Å². The Balaban J connectivity index is 1.58. The second-order valence-corrected chi connectivity index (χ2v) is 6.94. The van der Waals surface area contributed by atoms with Gasteiger partial charge in [0.1, 0.15) is 5.82 Å². The molecule has 3 heterocycles. The van der Waals surface area contributed by atoms with Crippen molar-refractivity contribution in [2.45, 2.75) is 31.7 Å². The van der Waals surface area contributed by atoms with Crippen LogP contribution in [0.15, 0.2) is 18.3 Å². The monoisotopic (exact) mass is 300 g/mol.